The van der Waals surface area contributed by atoms with Crippen LogP contribution in [0.4, 0.5) is 5.82 Å². The third-order valence-corrected chi connectivity index (χ3v) is 2.98. The molecule has 0 atom stereocenters. The fourth-order valence-electron chi connectivity index (χ4n) is 1.81. The van der Waals surface area contributed by atoms with Crippen LogP contribution in [0.1, 0.15) is 25.2 Å². The maximum atomic E-state index is 11.7. The van der Waals surface area contributed by atoms with Gasteiger partial charge in [-0.3, -0.25) is 9.59 Å². The molecule has 0 fully saturated rings. The monoisotopic (exact) mass is 268 g/mol. The van der Waals surface area contributed by atoms with Gasteiger partial charge in [-0.1, -0.05) is 13.8 Å². The number of nitrogen functional groups attached to an aromatic ring is 1. The van der Waals surface area contributed by atoms with E-state index in [1.54, 1.807) is 0 Å². The number of carboxylic acid groups (broad SMARTS) is 1. The number of rotatable bonds is 7. The number of carboxylic acids is 1. The van der Waals surface area contributed by atoms with E-state index in [9.17, 15) is 9.59 Å². The number of anilines is 1. The third kappa shape index (κ3) is 4.36. The Morgan fingerprint density at radius 2 is 2.05 bits per heavy atom. The number of aliphatic carboxylic acids is 1. The molecule has 0 aliphatic carbocycles. The molecule has 0 bridgehead atoms. The number of nitrogens with two attached hydrogens (primary N) is 1. The molecule has 0 saturated heterocycles. The van der Waals surface area contributed by atoms with Crippen LogP contribution in [-0.4, -0.2) is 45.6 Å². The molecule has 106 valence electrons. The van der Waals surface area contributed by atoms with Crippen LogP contribution >= 0.6 is 0 Å². The molecule has 0 unspecified atom stereocenters. The number of aromatic amines is 1. The Morgan fingerprint density at radius 1 is 1.42 bits per heavy atom. The first kappa shape index (κ1) is 15.2. The van der Waals surface area contributed by atoms with Crippen LogP contribution in [-0.2, 0) is 17.6 Å². The first-order valence-electron chi connectivity index (χ1n) is 6.29. The van der Waals surface area contributed by atoms with Crippen LogP contribution in [0.15, 0.2) is 4.79 Å². The average molecular weight is 268 g/mol. The summed E-state index contributed by atoms with van der Waals surface area (Å²) in [7, 11) is 0. The molecule has 0 saturated carbocycles. The van der Waals surface area contributed by atoms with Crippen LogP contribution < -0.4 is 11.3 Å². The van der Waals surface area contributed by atoms with Crippen molar-refractivity contribution in [3.05, 3.63) is 21.7 Å². The number of hydrogen-bond acceptors (Lipinski definition) is 5. The molecule has 0 aliphatic rings. The summed E-state index contributed by atoms with van der Waals surface area (Å²) in [4.78, 5) is 31.2. The Bertz CT molecular complexity index is 494. The third-order valence-electron chi connectivity index (χ3n) is 2.98. The Hall–Kier alpha value is -1.89. The van der Waals surface area contributed by atoms with Gasteiger partial charge in [0.1, 0.15) is 11.6 Å². The smallest absolute Gasteiger partial charge is 0.308 e. The second-order valence-electron chi connectivity index (χ2n) is 4.22. The van der Waals surface area contributed by atoms with Crippen molar-refractivity contribution in [3.8, 4) is 0 Å². The SMILES string of the molecule is CCN(CC)CCc1nc(N)c(CC(=O)O)c(=O)[nH]1. The second-order valence-corrected chi connectivity index (χ2v) is 4.22. The van der Waals surface area contributed by atoms with Crippen LogP contribution in [0, 0.1) is 0 Å². The van der Waals surface area contributed by atoms with Gasteiger partial charge in [-0.2, -0.15) is 0 Å². The Morgan fingerprint density at radius 3 is 2.53 bits per heavy atom. The van der Waals surface area contributed by atoms with E-state index < -0.39 is 17.9 Å². The molecule has 1 rings (SSSR count). The van der Waals surface area contributed by atoms with Gasteiger partial charge >= 0.3 is 5.97 Å². The van der Waals surface area contributed by atoms with Crippen molar-refractivity contribution < 1.29 is 9.90 Å². The largest absolute Gasteiger partial charge is 0.481 e. The fourth-order valence-corrected chi connectivity index (χ4v) is 1.81. The van der Waals surface area contributed by atoms with Gasteiger partial charge in [0.05, 0.1) is 12.0 Å². The highest BCUT2D eigenvalue weighted by molar-refractivity contribution is 5.71. The molecule has 4 N–H and O–H groups in total. The Labute approximate surface area is 111 Å². The highest BCUT2D eigenvalue weighted by atomic mass is 16.4. The van der Waals surface area contributed by atoms with Gasteiger partial charge in [-0.05, 0) is 13.1 Å². The fraction of sp³-hybridized carbons (Fsp3) is 0.583. The number of hydrogen-bond donors (Lipinski definition) is 3. The van der Waals surface area contributed by atoms with Crippen LogP contribution in [0.5, 0.6) is 0 Å². The summed E-state index contributed by atoms with van der Waals surface area (Å²) in [5.74, 6) is -0.612. The summed E-state index contributed by atoms with van der Waals surface area (Å²) in [6, 6.07) is 0. The number of H-pyrrole nitrogens is 1. The molecule has 1 aromatic rings. The molecule has 19 heavy (non-hydrogen) atoms. The molecular weight excluding hydrogens is 248 g/mol. The van der Waals surface area contributed by atoms with Crippen LogP contribution in [0.3, 0.4) is 0 Å². The van der Waals surface area contributed by atoms with Crippen molar-refractivity contribution in [1.82, 2.24) is 14.9 Å². The molecule has 0 aromatic carbocycles. The van der Waals surface area contributed by atoms with Crippen LogP contribution in [0.25, 0.3) is 0 Å². The molecular formula is C12H20N4O3. The zero-order valence-corrected chi connectivity index (χ0v) is 11.3. The van der Waals surface area contributed by atoms with E-state index >= 15 is 0 Å². The van der Waals surface area contributed by atoms with Gasteiger partial charge in [0.15, 0.2) is 0 Å². The lowest BCUT2D eigenvalue weighted by Crippen LogP contribution is -2.28. The van der Waals surface area contributed by atoms with E-state index in [-0.39, 0.29) is 11.4 Å². The second kappa shape index (κ2) is 6.89. The zero-order chi connectivity index (χ0) is 14.4. The van der Waals surface area contributed by atoms with Gasteiger partial charge in [0.2, 0.25) is 0 Å². The van der Waals surface area contributed by atoms with E-state index in [0.717, 1.165) is 19.6 Å². The molecule has 0 radical (unpaired) electrons. The predicted molar refractivity (Wildman–Crippen MR) is 72.1 cm³/mol. The zero-order valence-electron chi connectivity index (χ0n) is 11.3. The van der Waals surface area contributed by atoms with Crippen molar-refractivity contribution >= 4 is 11.8 Å². The number of likely N-dealkylation sites (N-methyl/N-ethyl adjacent to an activating group) is 1. The lowest BCUT2D eigenvalue weighted by Gasteiger charge is -2.17. The molecule has 1 heterocycles. The molecule has 0 spiro atoms. The molecule has 1 aromatic heterocycles. The minimum absolute atomic E-state index is 0.000645. The standard InChI is InChI=1S/C12H20N4O3/c1-3-16(4-2)6-5-9-14-11(13)8(7-10(17)18)12(19)15-9/h3-7H2,1-2H3,(H,17,18)(H3,13,14,15,19). The maximum absolute atomic E-state index is 11.7. The van der Waals surface area contributed by atoms with Crippen LogP contribution in [0.2, 0.25) is 0 Å². The summed E-state index contributed by atoms with van der Waals surface area (Å²) in [5.41, 5.74) is 5.18. The number of nitrogens with one attached hydrogen (secondary N) is 1. The topological polar surface area (TPSA) is 112 Å². The lowest BCUT2D eigenvalue weighted by atomic mass is 10.2. The minimum Gasteiger partial charge on any atom is -0.481 e. The van der Waals surface area contributed by atoms with Gasteiger partial charge in [-0.25, -0.2) is 4.98 Å². The van der Waals surface area contributed by atoms with E-state index in [1.807, 2.05) is 0 Å². The van der Waals surface area contributed by atoms with Crippen molar-refractivity contribution in [2.24, 2.45) is 0 Å². The first-order chi connectivity index (χ1) is 8.97. The molecule has 7 nitrogen and oxygen atoms in total. The maximum Gasteiger partial charge on any atom is 0.308 e. The van der Waals surface area contributed by atoms with Gasteiger partial charge in [-0.15, -0.1) is 0 Å². The van der Waals surface area contributed by atoms with E-state index in [1.165, 1.54) is 0 Å². The van der Waals surface area contributed by atoms with Crippen molar-refractivity contribution in [1.29, 1.82) is 0 Å². The van der Waals surface area contributed by atoms with Gasteiger partial charge in [0.25, 0.3) is 5.56 Å². The summed E-state index contributed by atoms with van der Waals surface area (Å²) < 4.78 is 0. The summed E-state index contributed by atoms with van der Waals surface area (Å²) >= 11 is 0. The van der Waals surface area contributed by atoms with Crippen molar-refractivity contribution in [3.63, 3.8) is 0 Å². The minimum atomic E-state index is -1.10. The molecule has 7 heteroatoms. The molecule has 0 aliphatic heterocycles. The number of nitrogens with zero attached hydrogens (tertiary/aromatic N) is 2. The summed E-state index contributed by atoms with van der Waals surface area (Å²) in [6.45, 7) is 6.74. The van der Waals surface area contributed by atoms with E-state index in [0.29, 0.717) is 12.2 Å². The highest BCUT2D eigenvalue weighted by Crippen LogP contribution is 2.04. The summed E-state index contributed by atoms with van der Waals surface area (Å²) in [6.07, 6.45) is 0.166. The van der Waals surface area contributed by atoms with E-state index in [2.05, 4.69) is 28.7 Å². The van der Waals surface area contributed by atoms with Crippen molar-refractivity contribution in [2.75, 3.05) is 25.4 Å². The van der Waals surface area contributed by atoms with Gasteiger partial charge < -0.3 is 20.7 Å². The quantitative estimate of drug-likeness (QED) is 0.634. The molecule has 0 amide bonds. The number of aromatic nitrogens is 2. The van der Waals surface area contributed by atoms with Gasteiger partial charge in [0, 0.05) is 13.0 Å². The van der Waals surface area contributed by atoms with E-state index in [4.69, 9.17) is 10.8 Å². The van der Waals surface area contributed by atoms with Crippen molar-refractivity contribution in [2.45, 2.75) is 26.7 Å². The normalized spacial score (nSPS) is 10.9. The number of carbonyl (C=O) groups is 1. The highest BCUT2D eigenvalue weighted by Gasteiger charge is 2.12. The lowest BCUT2D eigenvalue weighted by molar-refractivity contribution is -0.136. The average Bonchev–Trinajstić information content (AvgIpc) is 2.35. The first-order valence-corrected chi connectivity index (χ1v) is 6.29. The predicted octanol–water partition coefficient (Wildman–Crippen LogP) is -0.136. The summed E-state index contributed by atoms with van der Waals surface area (Å²) in [5, 5.41) is 8.68. The Balaban J connectivity index is 2.83. The Kier molecular flexibility index (Phi) is 5.50.